The van der Waals surface area contributed by atoms with E-state index in [2.05, 4.69) is 0 Å². The Morgan fingerprint density at radius 3 is 2.75 bits per heavy atom. The number of nitrogens with zero attached hydrogens (tertiary/aromatic N) is 1. The number of hydrogen-bond acceptors (Lipinski definition) is 3. The molecule has 3 rings (SSSR count). The number of anilines is 1. The summed E-state index contributed by atoms with van der Waals surface area (Å²) in [5, 5.41) is 9.23. The standard InChI is InChI=1S/C15H13NO4/c17-14(13-7-3-9-20-13)16-8-2-5-10-11(15(18)19)4-1-6-12(10)16/h1,3-4,6-7,9H,2,5,8H2,(H,18,19). The number of carbonyl (C=O) groups is 2. The molecule has 1 amide bonds. The van der Waals surface area contributed by atoms with Gasteiger partial charge in [-0.3, -0.25) is 4.79 Å². The van der Waals surface area contributed by atoms with E-state index in [1.54, 1.807) is 35.2 Å². The lowest BCUT2D eigenvalue weighted by atomic mass is 9.96. The van der Waals surface area contributed by atoms with Crippen LogP contribution in [-0.4, -0.2) is 23.5 Å². The summed E-state index contributed by atoms with van der Waals surface area (Å²) in [6.45, 7) is 0.565. The Kier molecular flexibility index (Phi) is 3.02. The topological polar surface area (TPSA) is 70.8 Å². The van der Waals surface area contributed by atoms with Gasteiger partial charge in [0, 0.05) is 12.2 Å². The van der Waals surface area contributed by atoms with Crippen molar-refractivity contribution in [1.82, 2.24) is 0 Å². The Hall–Kier alpha value is -2.56. The van der Waals surface area contributed by atoms with Crippen LogP contribution in [-0.2, 0) is 6.42 Å². The zero-order chi connectivity index (χ0) is 14.1. The first kappa shape index (κ1) is 12.5. The molecule has 1 N–H and O–H groups in total. The number of benzene rings is 1. The van der Waals surface area contributed by atoms with E-state index in [4.69, 9.17) is 4.42 Å². The lowest BCUT2D eigenvalue weighted by molar-refractivity contribution is 0.0695. The number of furan rings is 1. The third-order valence-corrected chi connectivity index (χ3v) is 3.46. The molecule has 0 radical (unpaired) electrons. The molecule has 0 bridgehead atoms. The molecule has 1 aromatic heterocycles. The van der Waals surface area contributed by atoms with E-state index in [1.807, 2.05) is 0 Å². The molecule has 5 heteroatoms. The fourth-order valence-corrected chi connectivity index (χ4v) is 2.57. The van der Waals surface area contributed by atoms with Gasteiger partial charge in [-0.1, -0.05) is 6.07 Å². The fourth-order valence-electron chi connectivity index (χ4n) is 2.57. The molecule has 5 nitrogen and oxygen atoms in total. The molecule has 0 spiro atoms. The van der Waals surface area contributed by atoms with Crippen LogP contribution in [0.5, 0.6) is 0 Å². The van der Waals surface area contributed by atoms with Crippen molar-refractivity contribution in [2.24, 2.45) is 0 Å². The van der Waals surface area contributed by atoms with Crippen LogP contribution < -0.4 is 4.90 Å². The predicted octanol–water partition coefficient (Wildman–Crippen LogP) is 2.57. The van der Waals surface area contributed by atoms with Crippen molar-refractivity contribution in [3.8, 4) is 0 Å². The Bertz CT molecular complexity index is 661. The lowest BCUT2D eigenvalue weighted by Crippen LogP contribution is -2.35. The van der Waals surface area contributed by atoms with E-state index in [0.29, 0.717) is 24.2 Å². The Balaban J connectivity index is 2.05. The van der Waals surface area contributed by atoms with E-state index in [0.717, 1.165) is 6.42 Å². The highest BCUT2D eigenvalue weighted by molar-refractivity contribution is 6.06. The van der Waals surface area contributed by atoms with E-state index in [1.165, 1.54) is 6.26 Å². The summed E-state index contributed by atoms with van der Waals surface area (Å²) in [7, 11) is 0. The minimum Gasteiger partial charge on any atom is -0.478 e. The van der Waals surface area contributed by atoms with Gasteiger partial charge in [0.2, 0.25) is 0 Å². The third-order valence-electron chi connectivity index (χ3n) is 3.46. The molecule has 0 saturated carbocycles. The molecule has 0 saturated heterocycles. The summed E-state index contributed by atoms with van der Waals surface area (Å²) in [4.78, 5) is 25.2. The van der Waals surface area contributed by atoms with Gasteiger partial charge in [0.15, 0.2) is 5.76 Å². The number of fused-ring (bicyclic) bond motifs is 1. The summed E-state index contributed by atoms with van der Waals surface area (Å²) < 4.78 is 5.13. The highest BCUT2D eigenvalue weighted by Crippen LogP contribution is 2.31. The van der Waals surface area contributed by atoms with Crippen LogP contribution in [0, 0.1) is 0 Å². The Labute approximate surface area is 115 Å². The van der Waals surface area contributed by atoms with Gasteiger partial charge < -0.3 is 14.4 Å². The minimum absolute atomic E-state index is 0.238. The molecule has 0 unspecified atom stereocenters. The van der Waals surface area contributed by atoms with Crippen molar-refractivity contribution < 1.29 is 19.1 Å². The van der Waals surface area contributed by atoms with Crippen molar-refractivity contribution in [2.75, 3.05) is 11.4 Å². The fraction of sp³-hybridized carbons (Fsp3) is 0.200. The number of aromatic carboxylic acids is 1. The second-order valence-corrected chi connectivity index (χ2v) is 4.65. The van der Waals surface area contributed by atoms with Crippen molar-refractivity contribution in [3.63, 3.8) is 0 Å². The molecule has 2 aromatic rings. The second-order valence-electron chi connectivity index (χ2n) is 4.65. The van der Waals surface area contributed by atoms with Crippen molar-refractivity contribution in [1.29, 1.82) is 0 Å². The minimum atomic E-state index is -0.964. The average molecular weight is 271 g/mol. The van der Waals surface area contributed by atoms with E-state index in [9.17, 15) is 14.7 Å². The molecule has 102 valence electrons. The summed E-state index contributed by atoms with van der Waals surface area (Å²) in [5.41, 5.74) is 1.64. The molecule has 0 fully saturated rings. The molecular weight excluding hydrogens is 258 g/mol. The predicted molar refractivity (Wildman–Crippen MR) is 72.1 cm³/mol. The van der Waals surface area contributed by atoms with Crippen molar-refractivity contribution in [2.45, 2.75) is 12.8 Å². The van der Waals surface area contributed by atoms with Crippen LogP contribution in [0.15, 0.2) is 41.0 Å². The first-order chi connectivity index (χ1) is 9.68. The number of rotatable bonds is 2. The number of carboxylic acids is 1. The molecule has 20 heavy (non-hydrogen) atoms. The zero-order valence-corrected chi connectivity index (χ0v) is 10.7. The maximum atomic E-state index is 12.4. The van der Waals surface area contributed by atoms with Gasteiger partial charge >= 0.3 is 5.97 Å². The SMILES string of the molecule is O=C(O)c1cccc2c1CCCN2C(=O)c1ccco1. The number of hydrogen-bond donors (Lipinski definition) is 1. The van der Waals surface area contributed by atoms with E-state index in [-0.39, 0.29) is 17.2 Å². The Morgan fingerprint density at radius 1 is 1.20 bits per heavy atom. The van der Waals surface area contributed by atoms with E-state index >= 15 is 0 Å². The maximum absolute atomic E-state index is 12.4. The normalized spacial score (nSPS) is 13.9. The number of carboxylic acid groups (broad SMARTS) is 1. The third kappa shape index (κ3) is 1.97. The van der Waals surface area contributed by atoms with Crippen LogP contribution >= 0.6 is 0 Å². The summed E-state index contributed by atoms with van der Waals surface area (Å²) in [6, 6.07) is 8.28. The maximum Gasteiger partial charge on any atom is 0.336 e. The van der Waals surface area contributed by atoms with Gasteiger partial charge in [-0.2, -0.15) is 0 Å². The van der Waals surface area contributed by atoms with Gasteiger partial charge in [-0.25, -0.2) is 4.79 Å². The van der Waals surface area contributed by atoms with Crippen LogP contribution in [0.25, 0.3) is 0 Å². The van der Waals surface area contributed by atoms with Gasteiger partial charge in [-0.05, 0) is 42.7 Å². The average Bonchev–Trinajstić information content (AvgIpc) is 2.99. The molecule has 1 aliphatic heterocycles. The molecule has 1 aromatic carbocycles. The summed E-state index contributed by atoms with van der Waals surface area (Å²) >= 11 is 0. The molecule has 2 heterocycles. The molecule has 0 aliphatic carbocycles. The largest absolute Gasteiger partial charge is 0.478 e. The monoisotopic (exact) mass is 271 g/mol. The van der Waals surface area contributed by atoms with Crippen LogP contribution in [0.4, 0.5) is 5.69 Å². The van der Waals surface area contributed by atoms with Gasteiger partial charge in [0.25, 0.3) is 5.91 Å². The van der Waals surface area contributed by atoms with E-state index < -0.39 is 5.97 Å². The highest BCUT2D eigenvalue weighted by Gasteiger charge is 2.27. The molecule has 1 aliphatic rings. The number of amides is 1. The van der Waals surface area contributed by atoms with Crippen molar-refractivity contribution in [3.05, 3.63) is 53.5 Å². The zero-order valence-electron chi connectivity index (χ0n) is 10.7. The molecule has 0 atom stereocenters. The molecular formula is C15H13NO4. The summed E-state index contributed by atoms with van der Waals surface area (Å²) in [6.07, 6.45) is 2.86. The smallest absolute Gasteiger partial charge is 0.336 e. The summed E-state index contributed by atoms with van der Waals surface area (Å²) in [5.74, 6) is -0.939. The first-order valence-corrected chi connectivity index (χ1v) is 6.39. The van der Waals surface area contributed by atoms with Gasteiger partial charge in [0.1, 0.15) is 0 Å². The van der Waals surface area contributed by atoms with Crippen LogP contribution in [0.2, 0.25) is 0 Å². The van der Waals surface area contributed by atoms with Gasteiger partial charge in [0.05, 0.1) is 11.8 Å². The van der Waals surface area contributed by atoms with Crippen molar-refractivity contribution >= 4 is 17.6 Å². The Morgan fingerprint density at radius 2 is 2.05 bits per heavy atom. The quantitative estimate of drug-likeness (QED) is 0.911. The van der Waals surface area contributed by atoms with Gasteiger partial charge in [-0.15, -0.1) is 0 Å². The van der Waals surface area contributed by atoms with Crippen LogP contribution in [0.1, 0.15) is 32.9 Å². The van der Waals surface area contributed by atoms with Crippen LogP contribution in [0.3, 0.4) is 0 Å². The first-order valence-electron chi connectivity index (χ1n) is 6.39. The second kappa shape index (κ2) is 4.85. The number of carbonyl (C=O) groups excluding carboxylic acids is 1. The highest BCUT2D eigenvalue weighted by atomic mass is 16.4. The lowest BCUT2D eigenvalue weighted by Gasteiger charge is -2.29.